The zero-order valence-electron chi connectivity index (χ0n) is 14.5. The van der Waals surface area contributed by atoms with Crippen LogP contribution < -0.4 is 0 Å². The molecule has 1 N–H and O–H groups in total. The molecule has 1 aliphatic heterocycles. The van der Waals surface area contributed by atoms with E-state index in [1.165, 1.54) is 13.4 Å². The highest BCUT2D eigenvalue weighted by atomic mass is 32.2. The van der Waals surface area contributed by atoms with Gasteiger partial charge in [-0.1, -0.05) is 18.2 Å². The van der Waals surface area contributed by atoms with E-state index in [4.69, 9.17) is 9.15 Å². The standard InChI is InChI=1S/C19H21NO5S/c1-24-13-19(18(22)23)8-9-20(12-19)17(21)16-14(7-10-25-16)11-26-15-5-3-2-4-6-15/h2-7,10H,8-9,11-13H2,1H3,(H,22,23). The lowest BCUT2D eigenvalue weighted by atomic mass is 9.88. The third-order valence-corrected chi connectivity index (χ3v) is 5.65. The third kappa shape index (κ3) is 3.78. The molecule has 6 nitrogen and oxygen atoms in total. The molecule has 138 valence electrons. The van der Waals surface area contributed by atoms with Gasteiger partial charge >= 0.3 is 5.97 Å². The van der Waals surface area contributed by atoms with Crippen molar-refractivity contribution in [3.63, 3.8) is 0 Å². The van der Waals surface area contributed by atoms with Crippen LogP contribution in [0, 0.1) is 5.41 Å². The maximum Gasteiger partial charge on any atom is 0.313 e. The summed E-state index contributed by atoms with van der Waals surface area (Å²) in [5.74, 6) is -0.309. The van der Waals surface area contributed by atoms with Gasteiger partial charge in [0.05, 0.1) is 12.9 Å². The van der Waals surface area contributed by atoms with Gasteiger partial charge in [0.1, 0.15) is 5.41 Å². The fourth-order valence-electron chi connectivity index (χ4n) is 3.13. The van der Waals surface area contributed by atoms with E-state index < -0.39 is 11.4 Å². The summed E-state index contributed by atoms with van der Waals surface area (Å²) in [6.07, 6.45) is 1.88. The number of hydrogen-bond donors (Lipinski definition) is 1. The molecule has 1 atom stereocenters. The SMILES string of the molecule is COCC1(C(=O)O)CCN(C(=O)c2occc2CSc2ccccc2)C1. The number of likely N-dealkylation sites (tertiary alicyclic amines) is 1. The second-order valence-electron chi connectivity index (χ2n) is 6.37. The number of rotatable bonds is 7. The number of carbonyl (C=O) groups is 2. The van der Waals surface area contributed by atoms with Gasteiger partial charge in [0.2, 0.25) is 0 Å². The van der Waals surface area contributed by atoms with E-state index >= 15 is 0 Å². The summed E-state index contributed by atoms with van der Waals surface area (Å²) in [4.78, 5) is 27.1. The Labute approximate surface area is 156 Å². The maximum atomic E-state index is 12.8. The molecule has 1 aromatic heterocycles. The first-order valence-electron chi connectivity index (χ1n) is 8.31. The third-order valence-electron chi connectivity index (χ3n) is 4.59. The predicted octanol–water partition coefficient (Wildman–Crippen LogP) is 3.14. The van der Waals surface area contributed by atoms with Crippen molar-refractivity contribution < 1.29 is 23.8 Å². The summed E-state index contributed by atoms with van der Waals surface area (Å²) in [6, 6.07) is 11.7. The van der Waals surface area contributed by atoms with Gasteiger partial charge in [0.15, 0.2) is 5.76 Å². The van der Waals surface area contributed by atoms with E-state index in [1.54, 1.807) is 22.7 Å². The van der Waals surface area contributed by atoms with Crippen LogP contribution in [0.1, 0.15) is 22.5 Å². The molecule has 0 radical (unpaired) electrons. The lowest BCUT2D eigenvalue weighted by Crippen LogP contribution is -2.40. The van der Waals surface area contributed by atoms with Gasteiger partial charge in [0, 0.05) is 36.4 Å². The number of methoxy groups -OCH3 is 1. The Balaban J connectivity index is 1.69. The molecule has 3 rings (SSSR count). The number of ether oxygens (including phenoxy) is 1. The molecule has 1 unspecified atom stereocenters. The zero-order valence-corrected chi connectivity index (χ0v) is 15.3. The lowest BCUT2D eigenvalue weighted by molar-refractivity contribution is -0.151. The molecule has 0 bridgehead atoms. The monoisotopic (exact) mass is 375 g/mol. The van der Waals surface area contributed by atoms with Gasteiger partial charge in [-0.05, 0) is 24.6 Å². The Kier molecular flexibility index (Phi) is 5.68. The fraction of sp³-hybridized carbons (Fsp3) is 0.368. The Hall–Kier alpha value is -2.25. The Bertz CT molecular complexity index is 775. The predicted molar refractivity (Wildman–Crippen MR) is 97.2 cm³/mol. The van der Waals surface area contributed by atoms with Crippen LogP contribution in [-0.2, 0) is 15.3 Å². The van der Waals surface area contributed by atoms with Gasteiger partial charge in [-0.2, -0.15) is 0 Å². The van der Waals surface area contributed by atoms with E-state index in [-0.39, 0.29) is 24.8 Å². The number of amides is 1. The molecule has 1 aliphatic rings. The summed E-state index contributed by atoms with van der Waals surface area (Å²) in [5, 5.41) is 9.55. The highest BCUT2D eigenvalue weighted by molar-refractivity contribution is 7.98. The second kappa shape index (κ2) is 7.97. The quantitative estimate of drug-likeness (QED) is 0.749. The highest BCUT2D eigenvalue weighted by Gasteiger charge is 2.47. The molecule has 0 saturated carbocycles. The Morgan fingerprint density at radius 2 is 2.08 bits per heavy atom. The number of carboxylic acids is 1. The molecule has 7 heteroatoms. The fourth-order valence-corrected chi connectivity index (χ4v) is 4.03. The van der Waals surface area contributed by atoms with Crippen LogP contribution in [0.2, 0.25) is 0 Å². The van der Waals surface area contributed by atoms with Crippen molar-refractivity contribution in [1.29, 1.82) is 0 Å². The van der Waals surface area contributed by atoms with E-state index in [1.807, 2.05) is 30.3 Å². The zero-order chi connectivity index (χ0) is 18.6. The first-order valence-corrected chi connectivity index (χ1v) is 9.30. The molecule has 0 aliphatic carbocycles. The van der Waals surface area contributed by atoms with Crippen LogP contribution in [-0.4, -0.2) is 48.7 Å². The van der Waals surface area contributed by atoms with E-state index in [0.717, 1.165) is 10.5 Å². The van der Waals surface area contributed by atoms with Crippen molar-refractivity contribution >= 4 is 23.6 Å². The molecule has 0 spiro atoms. The van der Waals surface area contributed by atoms with Crippen molar-refractivity contribution in [3.05, 3.63) is 54.0 Å². The van der Waals surface area contributed by atoms with Gasteiger partial charge in [-0.15, -0.1) is 11.8 Å². The molecule has 1 saturated heterocycles. The van der Waals surface area contributed by atoms with E-state index in [9.17, 15) is 14.7 Å². The molecule has 1 aromatic carbocycles. The largest absolute Gasteiger partial charge is 0.481 e. The number of furan rings is 1. The molecule has 2 heterocycles. The first kappa shape index (κ1) is 18.5. The smallest absolute Gasteiger partial charge is 0.313 e. The minimum absolute atomic E-state index is 0.0843. The van der Waals surface area contributed by atoms with Crippen molar-refractivity contribution in [2.45, 2.75) is 17.1 Å². The first-order chi connectivity index (χ1) is 12.6. The molecule has 1 fully saturated rings. The second-order valence-corrected chi connectivity index (χ2v) is 7.42. The topological polar surface area (TPSA) is 80.0 Å². The minimum atomic E-state index is -1.05. The number of carboxylic acid groups (broad SMARTS) is 1. The number of aliphatic carboxylic acids is 1. The Morgan fingerprint density at radius 1 is 1.31 bits per heavy atom. The number of carbonyl (C=O) groups excluding carboxylic acids is 1. The normalized spacial score (nSPS) is 19.7. The van der Waals surface area contributed by atoms with Crippen LogP contribution in [0.4, 0.5) is 0 Å². The lowest BCUT2D eigenvalue weighted by Gasteiger charge is -2.23. The minimum Gasteiger partial charge on any atom is -0.481 e. The molecule has 2 aromatic rings. The molecule has 1 amide bonds. The van der Waals surface area contributed by atoms with Crippen LogP contribution in [0.15, 0.2) is 52.0 Å². The summed E-state index contributed by atoms with van der Waals surface area (Å²) >= 11 is 1.62. The summed E-state index contributed by atoms with van der Waals surface area (Å²) in [6.45, 7) is 0.586. The summed E-state index contributed by atoms with van der Waals surface area (Å²) in [7, 11) is 1.47. The van der Waals surface area contributed by atoms with Gasteiger partial charge in [0.25, 0.3) is 5.91 Å². The van der Waals surface area contributed by atoms with Crippen LogP contribution in [0.3, 0.4) is 0 Å². The molecular weight excluding hydrogens is 354 g/mol. The van der Waals surface area contributed by atoms with Gasteiger partial charge in [-0.25, -0.2) is 0 Å². The van der Waals surface area contributed by atoms with Crippen LogP contribution in [0.25, 0.3) is 0 Å². The van der Waals surface area contributed by atoms with Gasteiger partial charge in [-0.3, -0.25) is 9.59 Å². The molecular formula is C19H21NO5S. The Morgan fingerprint density at radius 3 is 2.77 bits per heavy atom. The number of nitrogens with zero attached hydrogens (tertiary/aromatic N) is 1. The van der Waals surface area contributed by atoms with Crippen molar-refractivity contribution in [3.8, 4) is 0 Å². The number of benzene rings is 1. The van der Waals surface area contributed by atoms with E-state index in [2.05, 4.69) is 0 Å². The average molecular weight is 375 g/mol. The van der Waals surface area contributed by atoms with Crippen LogP contribution in [0.5, 0.6) is 0 Å². The highest BCUT2D eigenvalue weighted by Crippen LogP contribution is 2.33. The maximum absolute atomic E-state index is 12.8. The van der Waals surface area contributed by atoms with Crippen molar-refractivity contribution in [2.24, 2.45) is 5.41 Å². The molecule has 26 heavy (non-hydrogen) atoms. The van der Waals surface area contributed by atoms with Crippen molar-refractivity contribution in [1.82, 2.24) is 4.90 Å². The van der Waals surface area contributed by atoms with Gasteiger partial charge < -0.3 is 19.2 Å². The number of hydrogen-bond acceptors (Lipinski definition) is 5. The van der Waals surface area contributed by atoms with Crippen LogP contribution >= 0.6 is 11.8 Å². The summed E-state index contributed by atoms with van der Waals surface area (Å²) < 4.78 is 10.5. The van der Waals surface area contributed by atoms with E-state index in [0.29, 0.717) is 18.7 Å². The average Bonchev–Trinajstić information content (AvgIpc) is 3.28. The van der Waals surface area contributed by atoms with Crippen molar-refractivity contribution in [2.75, 3.05) is 26.8 Å². The summed E-state index contributed by atoms with van der Waals surface area (Å²) in [5.41, 5.74) is -0.237. The number of thioether (sulfide) groups is 1.